The summed E-state index contributed by atoms with van der Waals surface area (Å²) in [7, 11) is 1.53. The number of carbonyl (C=O) groups is 2. The summed E-state index contributed by atoms with van der Waals surface area (Å²) in [6.07, 6.45) is 1.41. The van der Waals surface area contributed by atoms with Crippen molar-refractivity contribution in [1.82, 2.24) is 15.3 Å². The van der Waals surface area contributed by atoms with Gasteiger partial charge in [0.25, 0.3) is 5.91 Å². The number of nitrogens with one attached hydrogen (secondary N) is 2. The van der Waals surface area contributed by atoms with Gasteiger partial charge >= 0.3 is 0 Å². The van der Waals surface area contributed by atoms with Gasteiger partial charge in [-0.2, -0.15) is 0 Å². The maximum absolute atomic E-state index is 12.2. The van der Waals surface area contributed by atoms with Gasteiger partial charge in [-0.1, -0.05) is 6.07 Å². The monoisotopic (exact) mass is 414 g/mol. The van der Waals surface area contributed by atoms with Crippen molar-refractivity contribution < 1.29 is 19.1 Å². The number of fused-ring (bicyclic) bond motifs is 1. The Morgan fingerprint density at radius 2 is 1.93 bits per heavy atom. The van der Waals surface area contributed by atoms with Crippen LogP contribution in [0.3, 0.4) is 0 Å². The molecule has 29 heavy (non-hydrogen) atoms. The first-order valence-corrected chi connectivity index (χ1v) is 9.75. The Hall–Kier alpha value is -3.20. The van der Waals surface area contributed by atoms with E-state index >= 15 is 0 Å². The van der Waals surface area contributed by atoms with Crippen LogP contribution in [0.5, 0.6) is 11.6 Å². The van der Waals surface area contributed by atoms with E-state index in [1.165, 1.54) is 13.4 Å². The maximum atomic E-state index is 12.2. The molecule has 0 saturated carbocycles. The van der Waals surface area contributed by atoms with Crippen LogP contribution in [-0.4, -0.2) is 42.0 Å². The van der Waals surface area contributed by atoms with Crippen LogP contribution < -0.4 is 20.1 Å². The van der Waals surface area contributed by atoms with Crippen molar-refractivity contribution in [2.75, 3.05) is 25.6 Å². The van der Waals surface area contributed by atoms with E-state index in [2.05, 4.69) is 20.6 Å². The number of ether oxygens (including phenoxy) is 2. The van der Waals surface area contributed by atoms with Crippen LogP contribution in [0.25, 0.3) is 10.2 Å². The van der Waals surface area contributed by atoms with Crippen molar-refractivity contribution in [3.05, 3.63) is 40.5 Å². The molecule has 2 aromatic heterocycles. The Labute approximate surface area is 172 Å². The highest BCUT2D eigenvalue weighted by molar-refractivity contribution is 7.18. The molecule has 0 aliphatic heterocycles. The van der Waals surface area contributed by atoms with Gasteiger partial charge in [0.05, 0.1) is 24.7 Å². The number of anilines is 1. The highest BCUT2D eigenvalue weighted by Gasteiger charge is 2.15. The average molecular weight is 414 g/mol. The Morgan fingerprint density at radius 1 is 1.14 bits per heavy atom. The molecule has 0 saturated heterocycles. The molecule has 9 heteroatoms. The molecule has 1 aromatic carbocycles. The number of hydrogen-bond acceptors (Lipinski definition) is 7. The molecular formula is C20H22N4O4S. The van der Waals surface area contributed by atoms with Crippen LogP contribution in [-0.2, 0) is 9.59 Å². The summed E-state index contributed by atoms with van der Waals surface area (Å²) >= 11 is 1.55. The fourth-order valence-electron chi connectivity index (χ4n) is 2.74. The predicted molar refractivity (Wildman–Crippen MR) is 112 cm³/mol. The second kappa shape index (κ2) is 8.87. The van der Waals surface area contributed by atoms with Crippen molar-refractivity contribution in [3.63, 3.8) is 0 Å². The number of rotatable bonds is 7. The highest BCUT2D eigenvalue weighted by atomic mass is 32.1. The Kier molecular flexibility index (Phi) is 6.28. The quantitative estimate of drug-likeness (QED) is 0.616. The summed E-state index contributed by atoms with van der Waals surface area (Å²) in [5.74, 6) is 0.123. The zero-order chi connectivity index (χ0) is 21.0. The first kappa shape index (κ1) is 20.5. The number of nitrogens with zero attached hydrogens (tertiary/aromatic N) is 2. The first-order valence-electron chi connectivity index (χ1n) is 8.93. The van der Waals surface area contributed by atoms with Gasteiger partial charge in [-0.3, -0.25) is 9.59 Å². The molecule has 0 unspecified atom stereocenters. The number of aromatic nitrogens is 2. The number of aryl methyl sites for hydroxylation is 3. The summed E-state index contributed by atoms with van der Waals surface area (Å²) < 4.78 is 10.8. The van der Waals surface area contributed by atoms with Gasteiger partial charge in [-0.05, 0) is 44.0 Å². The molecule has 0 aliphatic carbocycles. The third-order valence-electron chi connectivity index (χ3n) is 4.35. The van der Waals surface area contributed by atoms with Gasteiger partial charge in [-0.25, -0.2) is 9.97 Å². The van der Waals surface area contributed by atoms with Crippen molar-refractivity contribution in [1.29, 1.82) is 0 Å². The van der Waals surface area contributed by atoms with Crippen LogP contribution in [0.1, 0.15) is 16.0 Å². The summed E-state index contributed by atoms with van der Waals surface area (Å²) in [5, 5.41) is 6.07. The normalized spacial score (nSPS) is 10.6. The van der Waals surface area contributed by atoms with Gasteiger partial charge in [0.2, 0.25) is 11.8 Å². The number of methoxy groups -OCH3 is 1. The molecule has 0 radical (unpaired) electrons. The summed E-state index contributed by atoms with van der Waals surface area (Å²) in [6.45, 7) is 5.44. The topological polar surface area (TPSA) is 102 Å². The van der Waals surface area contributed by atoms with E-state index in [-0.39, 0.29) is 19.1 Å². The lowest BCUT2D eigenvalue weighted by atomic mass is 10.2. The van der Waals surface area contributed by atoms with E-state index in [4.69, 9.17) is 9.47 Å². The van der Waals surface area contributed by atoms with Gasteiger partial charge in [0.1, 0.15) is 16.9 Å². The molecule has 2 amide bonds. The number of thiophene rings is 1. The van der Waals surface area contributed by atoms with Crippen LogP contribution >= 0.6 is 11.3 Å². The van der Waals surface area contributed by atoms with Crippen LogP contribution in [0.15, 0.2) is 24.5 Å². The smallest absolute Gasteiger partial charge is 0.258 e. The van der Waals surface area contributed by atoms with E-state index in [0.717, 1.165) is 26.2 Å². The van der Waals surface area contributed by atoms with Gasteiger partial charge in [0.15, 0.2) is 6.61 Å². The highest BCUT2D eigenvalue weighted by Crippen LogP contribution is 2.33. The summed E-state index contributed by atoms with van der Waals surface area (Å²) in [4.78, 5) is 34.6. The number of carbonyl (C=O) groups excluding carboxylic acids is 2. The molecule has 3 rings (SSSR count). The fraction of sp³-hybridized carbons (Fsp3) is 0.300. The molecule has 152 valence electrons. The predicted octanol–water partition coefficient (Wildman–Crippen LogP) is 2.76. The summed E-state index contributed by atoms with van der Waals surface area (Å²) in [6, 6.07) is 5.45. The summed E-state index contributed by atoms with van der Waals surface area (Å²) in [5.41, 5.74) is 2.57. The van der Waals surface area contributed by atoms with Crippen molar-refractivity contribution >= 4 is 39.1 Å². The van der Waals surface area contributed by atoms with E-state index in [9.17, 15) is 9.59 Å². The number of amides is 2. The minimum atomic E-state index is -0.423. The van der Waals surface area contributed by atoms with Crippen molar-refractivity contribution in [2.24, 2.45) is 0 Å². The van der Waals surface area contributed by atoms with Crippen molar-refractivity contribution in [3.8, 4) is 11.6 Å². The van der Waals surface area contributed by atoms with E-state index in [1.54, 1.807) is 23.5 Å². The first-order chi connectivity index (χ1) is 13.9. The Morgan fingerprint density at radius 3 is 2.69 bits per heavy atom. The molecule has 0 atom stereocenters. The molecule has 0 bridgehead atoms. The SMILES string of the molecule is COc1ccc(C)cc1NC(=O)CNC(=O)COc1ncnc2sc(C)c(C)c12. The minimum Gasteiger partial charge on any atom is -0.495 e. The van der Waals surface area contributed by atoms with Crippen molar-refractivity contribution in [2.45, 2.75) is 20.8 Å². The molecule has 2 N–H and O–H groups in total. The lowest BCUT2D eigenvalue weighted by Gasteiger charge is -2.12. The van der Waals surface area contributed by atoms with E-state index in [1.807, 2.05) is 26.8 Å². The zero-order valence-electron chi connectivity index (χ0n) is 16.7. The molecule has 0 aliphatic rings. The number of benzene rings is 1. The lowest BCUT2D eigenvalue weighted by molar-refractivity contribution is -0.125. The molecule has 0 fully saturated rings. The lowest BCUT2D eigenvalue weighted by Crippen LogP contribution is -2.35. The molecular weight excluding hydrogens is 392 g/mol. The molecule has 2 heterocycles. The van der Waals surface area contributed by atoms with E-state index in [0.29, 0.717) is 17.3 Å². The van der Waals surface area contributed by atoms with Gasteiger partial charge < -0.3 is 20.1 Å². The number of hydrogen-bond donors (Lipinski definition) is 2. The molecule has 3 aromatic rings. The maximum Gasteiger partial charge on any atom is 0.258 e. The third-order valence-corrected chi connectivity index (χ3v) is 5.46. The zero-order valence-corrected chi connectivity index (χ0v) is 17.5. The third kappa shape index (κ3) is 4.80. The average Bonchev–Trinajstić information content (AvgIpc) is 2.99. The Bertz CT molecular complexity index is 1060. The second-order valence-electron chi connectivity index (χ2n) is 6.46. The largest absolute Gasteiger partial charge is 0.495 e. The minimum absolute atomic E-state index is 0.185. The van der Waals surface area contributed by atoms with Crippen LogP contribution in [0.2, 0.25) is 0 Å². The van der Waals surface area contributed by atoms with Crippen LogP contribution in [0, 0.1) is 20.8 Å². The molecule has 8 nitrogen and oxygen atoms in total. The second-order valence-corrected chi connectivity index (χ2v) is 7.66. The fourth-order valence-corrected chi connectivity index (χ4v) is 3.72. The van der Waals surface area contributed by atoms with E-state index < -0.39 is 5.91 Å². The van der Waals surface area contributed by atoms with Gasteiger partial charge in [0, 0.05) is 4.88 Å². The van der Waals surface area contributed by atoms with Gasteiger partial charge in [-0.15, -0.1) is 11.3 Å². The van der Waals surface area contributed by atoms with Crippen LogP contribution in [0.4, 0.5) is 5.69 Å². The standard InChI is InChI=1S/C20H22N4O4S/c1-11-5-6-15(27-4)14(7-11)24-16(25)8-21-17(26)9-28-19-18-12(2)13(3)29-20(18)23-10-22-19/h5-7,10H,8-9H2,1-4H3,(H,21,26)(H,24,25). The Balaban J connectivity index is 1.54. The molecule has 0 spiro atoms.